The van der Waals surface area contributed by atoms with Gasteiger partial charge in [0, 0.05) is 26.2 Å². The summed E-state index contributed by atoms with van der Waals surface area (Å²) < 4.78 is 5.08. The van der Waals surface area contributed by atoms with Crippen LogP contribution in [0.2, 0.25) is 0 Å². The van der Waals surface area contributed by atoms with E-state index in [1.54, 1.807) is 55.4 Å². The summed E-state index contributed by atoms with van der Waals surface area (Å²) in [4.78, 5) is 38.2. The number of hydrogen-bond donors (Lipinski definition) is 2. The van der Waals surface area contributed by atoms with E-state index in [9.17, 15) is 14.4 Å². The maximum absolute atomic E-state index is 12.8. The lowest BCUT2D eigenvalue weighted by Crippen LogP contribution is -2.49. The molecule has 0 fully saturated rings. The Hall–Kier alpha value is -3.09. The Morgan fingerprint density at radius 2 is 1.74 bits per heavy atom. The number of likely N-dealkylation sites (N-methyl/N-ethyl adjacent to an activating group) is 1. The quantitative estimate of drug-likeness (QED) is 0.779. The highest BCUT2D eigenvalue weighted by molar-refractivity contribution is 5.95. The van der Waals surface area contributed by atoms with Crippen molar-refractivity contribution in [3.05, 3.63) is 59.5 Å². The van der Waals surface area contributed by atoms with Crippen molar-refractivity contribution in [2.24, 2.45) is 5.92 Å². The van der Waals surface area contributed by atoms with Crippen molar-refractivity contribution in [1.29, 1.82) is 0 Å². The number of hydrogen-bond acceptors (Lipinski definition) is 4. The lowest BCUT2D eigenvalue weighted by Gasteiger charge is -2.27. The first kappa shape index (κ1) is 20.2. The van der Waals surface area contributed by atoms with E-state index in [0.717, 1.165) is 5.56 Å². The largest absolute Gasteiger partial charge is 0.459 e. The molecule has 0 radical (unpaired) electrons. The first-order valence-electron chi connectivity index (χ1n) is 8.73. The molecule has 0 unspecified atom stereocenters. The van der Waals surface area contributed by atoms with E-state index >= 15 is 0 Å². The van der Waals surface area contributed by atoms with E-state index in [0.29, 0.717) is 12.1 Å². The number of nitrogens with one attached hydrogen (secondary N) is 2. The predicted octanol–water partition coefficient (Wildman–Crippen LogP) is 2.05. The van der Waals surface area contributed by atoms with Gasteiger partial charge in [0.25, 0.3) is 11.8 Å². The van der Waals surface area contributed by atoms with E-state index in [2.05, 4.69) is 10.6 Å². The number of amides is 3. The van der Waals surface area contributed by atoms with Crippen LogP contribution in [-0.4, -0.2) is 42.8 Å². The van der Waals surface area contributed by atoms with Crippen LogP contribution < -0.4 is 10.6 Å². The van der Waals surface area contributed by atoms with Crippen LogP contribution in [0.25, 0.3) is 0 Å². The van der Waals surface area contributed by atoms with Gasteiger partial charge in [0.1, 0.15) is 6.04 Å². The first-order chi connectivity index (χ1) is 12.8. The minimum Gasteiger partial charge on any atom is -0.459 e. The molecule has 7 heteroatoms. The van der Waals surface area contributed by atoms with Crippen molar-refractivity contribution in [3.63, 3.8) is 0 Å². The van der Waals surface area contributed by atoms with Gasteiger partial charge in [0.15, 0.2) is 5.76 Å². The van der Waals surface area contributed by atoms with Gasteiger partial charge in [-0.3, -0.25) is 14.4 Å². The average molecular weight is 371 g/mol. The van der Waals surface area contributed by atoms with Crippen molar-refractivity contribution in [2.45, 2.75) is 26.4 Å². The molecule has 2 aromatic rings. The summed E-state index contributed by atoms with van der Waals surface area (Å²) in [5.74, 6) is -0.697. The Morgan fingerprint density at radius 3 is 2.26 bits per heavy atom. The van der Waals surface area contributed by atoms with Gasteiger partial charge in [-0.1, -0.05) is 26.0 Å². The van der Waals surface area contributed by atoms with Crippen molar-refractivity contribution in [2.75, 3.05) is 14.1 Å². The van der Waals surface area contributed by atoms with Crippen molar-refractivity contribution in [3.8, 4) is 0 Å². The standard InChI is InChI=1S/C20H25N3O4/c1-13(2)17(22-19(25)16-6-5-11-27-16)20(26)23(4)12-14-7-9-15(10-8-14)18(24)21-3/h5-11,13,17H,12H2,1-4H3,(H,21,24)(H,22,25)/t17-/m0/s1. The molecular formula is C20H25N3O4. The predicted molar refractivity (Wildman–Crippen MR) is 101 cm³/mol. The molecule has 0 aliphatic heterocycles. The molecule has 3 amide bonds. The molecule has 1 atom stereocenters. The third-order valence-electron chi connectivity index (χ3n) is 4.20. The van der Waals surface area contributed by atoms with Crippen LogP contribution in [-0.2, 0) is 11.3 Å². The van der Waals surface area contributed by atoms with Crippen molar-refractivity contribution >= 4 is 17.7 Å². The van der Waals surface area contributed by atoms with Crippen LogP contribution in [0.3, 0.4) is 0 Å². The molecule has 2 N–H and O–H groups in total. The number of nitrogens with zero attached hydrogens (tertiary/aromatic N) is 1. The zero-order valence-electron chi connectivity index (χ0n) is 16.0. The summed E-state index contributed by atoms with van der Waals surface area (Å²) in [5.41, 5.74) is 1.44. The van der Waals surface area contributed by atoms with E-state index < -0.39 is 11.9 Å². The number of furan rings is 1. The SMILES string of the molecule is CNC(=O)c1ccc(CN(C)C(=O)[C@@H](NC(=O)c2ccco2)C(C)C)cc1. The fraction of sp³-hybridized carbons (Fsp3) is 0.350. The van der Waals surface area contributed by atoms with Crippen LogP contribution in [0.4, 0.5) is 0 Å². The number of rotatable bonds is 7. The molecule has 27 heavy (non-hydrogen) atoms. The lowest BCUT2D eigenvalue weighted by atomic mass is 10.0. The maximum Gasteiger partial charge on any atom is 0.287 e. The highest BCUT2D eigenvalue weighted by Crippen LogP contribution is 2.12. The third kappa shape index (κ3) is 5.20. The summed E-state index contributed by atoms with van der Waals surface area (Å²) in [6.07, 6.45) is 1.41. The van der Waals surface area contributed by atoms with Gasteiger partial charge in [-0.15, -0.1) is 0 Å². The Morgan fingerprint density at radius 1 is 1.07 bits per heavy atom. The molecule has 0 saturated carbocycles. The van der Waals surface area contributed by atoms with Gasteiger partial charge in [-0.25, -0.2) is 0 Å². The van der Waals surface area contributed by atoms with Gasteiger partial charge in [0.2, 0.25) is 5.91 Å². The summed E-state index contributed by atoms with van der Waals surface area (Å²) in [5, 5.41) is 5.31. The molecule has 0 aliphatic carbocycles. The minimum absolute atomic E-state index is 0.0884. The van der Waals surface area contributed by atoms with Crippen LogP contribution in [0.1, 0.15) is 40.3 Å². The molecular weight excluding hydrogens is 346 g/mol. The van der Waals surface area contributed by atoms with E-state index in [1.165, 1.54) is 6.26 Å². The van der Waals surface area contributed by atoms with Crippen molar-refractivity contribution in [1.82, 2.24) is 15.5 Å². The number of benzene rings is 1. The molecule has 7 nitrogen and oxygen atoms in total. The van der Waals surface area contributed by atoms with Gasteiger partial charge in [0.05, 0.1) is 6.26 Å². The second kappa shape index (κ2) is 9.02. The lowest BCUT2D eigenvalue weighted by molar-refractivity contribution is -0.133. The molecule has 1 aromatic carbocycles. The van der Waals surface area contributed by atoms with Crippen LogP contribution in [0.5, 0.6) is 0 Å². The highest BCUT2D eigenvalue weighted by atomic mass is 16.3. The number of carbonyl (C=O) groups excluding carboxylic acids is 3. The smallest absolute Gasteiger partial charge is 0.287 e. The maximum atomic E-state index is 12.8. The first-order valence-corrected chi connectivity index (χ1v) is 8.73. The second-order valence-electron chi connectivity index (χ2n) is 6.64. The summed E-state index contributed by atoms with van der Waals surface area (Å²) in [7, 11) is 3.26. The number of carbonyl (C=O) groups is 3. The molecule has 144 valence electrons. The molecule has 0 bridgehead atoms. The minimum atomic E-state index is -0.669. The zero-order chi connectivity index (χ0) is 20.0. The van der Waals surface area contributed by atoms with Crippen LogP contribution in [0.15, 0.2) is 47.1 Å². The van der Waals surface area contributed by atoms with Crippen LogP contribution >= 0.6 is 0 Å². The average Bonchev–Trinajstić information content (AvgIpc) is 3.20. The molecule has 0 spiro atoms. The molecule has 1 heterocycles. The Balaban J connectivity index is 2.04. The normalized spacial score (nSPS) is 11.7. The summed E-state index contributed by atoms with van der Waals surface area (Å²) in [6.45, 7) is 4.11. The van der Waals surface area contributed by atoms with E-state index in [-0.39, 0.29) is 23.5 Å². The second-order valence-corrected chi connectivity index (χ2v) is 6.64. The summed E-state index contributed by atoms with van der Waals surface area (Å²) in [6, 6.07) is 9.54. The topological polar surface area (TPSA) is 91.7 Å². The van der Waals surface area contributed by atoms with Crippen LogP contribution in [0, 0.1) is 5.92 Å². The van der Waals surface area contributed by atoms with Gasteiger partial charge >= 0.3 is 0 Å². The molecule has 1 aromatic heterocycles. The zero-order valence-corrected chi connectivity index (χ0v) is 16.0. The highest BCUT2D eigenvalue weighted by Gasteiger charge is 2.28. The van der Waals surface area contributed by atoms with E-state index in [1.807, 2.05) is 13.8 Å². The van der Waals surface area contributed by atoms with Crippen molar-refractivity contribution < 1.29 is 18.8 Å². The molecule has 0 saturated heterocycles. The fourth-order valence-corrected chi connectivity index (χ4v) is 2.63. The Labute approximate surface area is 158 Å². The molecule has 2 rings (SSSR count). The van der Waals surface area contributed by atoms with Gasteiger partial charge in [-0.05, 0) is 35.7 Å². The van der Waals surface area contributed by atoms with Gasteiger partial charge < -0.3 is 20.0 Å². The Bertz CT molecular complexity index is 782. The van der Waals surface area contributed by atoms with E-state index in [4.69, 9.17) is 4.42 Å². The van der Waals surface area contributed by atoms with Gasteiger partial charge in [-0.2, -0.15) is 0 Å². The molecule has 0 aliphatic rings. The third-order valence-corrected chi connectivity index (χ3v) is 4.20. The Kier molecular flexibility index (Phi) is 6.76. The monoisotopic (exact) mass is 371 g/mol. The summed E-state index contributed by atoms with van der Waals surface area (Å²) >= 11 is 0. The fourth-order valence-electron chi connectivity index (χ4n) is 2.63.